The van der Waals surface area contributed by atoms with Gasteiger partial charge in [0.15, 0.2) is 0 Å². The molecule has 3 aromatic rings. The van der Waals surface area contributed by atoms with Gasteiger partial charge in [-0.1, -0.05) is 29.8 Å². The molecule has 0 aliphatic heterocycles. The molecule has 1 amide bonds. The van der Waals surface area contributed by atoms with Crippen molar-refractivity contribution in [2.24, 2.45) is 5.73 Å². The van der Waals surface area contributed by atoms with Crippen molar-refractivity contribution >= 4 is 16.8 Å². The van der Waals surface area contributed by atoms with Crippen LogP contribution in [0.1, 0.15) is 21.6 Å². The SMILES string of the molecule is Cc1ccc(Cn2ccc3cc(C(N)=O)ncc32)cc1. The van der Waals surface area contributed by atoms with Crippen LogP contribution in [0.15, 0.2) is 48.8 Å². The number of nitrogens with zero attached hydrogens (tertiary/aromatic N) is 2. The molecule has 0 radical (unpaired) electrons. The van der Waals surface area contributed by atoms with E-state index in [4.69, 9.17) is 5.73 Å². The van der Waals surface area contributed by atoms with E-state index in [1.54, 1.807) is 12.3 Å². The van der Waals surface area contributed by atoms with Crippen molar-refractivity contribution in [3.8, 4) is 0 Å². The lowest BCUT2D eigenvalue weighted by molar-refractivity contribution is 0.0996. The summed E-state index contributed by atoms with van der Waals surface area (Å²) in [6.45, 7) is 2.85. The van der Waals surface area contributed by atoms with E-state index in [9.17, 15) is 4.79 Å². The van der Waals surface area contributed by atoms with Crippen molar-refractivity contribution in [2.45, 2.75) is 13.5 Å². The number of hydrogen-bond acceptors (Lipinski definition) is 2. The Morgan fingerprint density at radius 2 is 2.00 bits per heavy atom. The van der Waals surface area contributed by atoms with E-state index in [1.807, 2.05) is 12.3 Å². The lowest BCUT2D eigenvalue weighted by atomic mass is 10.1. The van der Waals surface area contributed by atoms with Crippen LogP contribution in [0.25, 0.3) is 10.9 Å². The fraction of sp³-hybridized carbons (Fsp3) is 0.125. The second-order valence-corrected chi connectivity index (χ2v) is 4.92. The van der Waals surface area contributed by atoms with Gasteiger partial charge in [0.25, 0.3) is 5.91 Å². The Balaban J connectivity index is 1.96. The van der Waals surface area contributed by atoms with Gasteiger partial charge in [-0.2, -0.15) is 0 Å². The maximum absolute atomic E-state index is 11.1. The highest BCUT2D eigenvalue weighted by Gasteiger charge is 2.07. The third-order valence-electron chi connectivity index (χ3n) is 3.38. The fourth-order valence-electron chi connectivity index (χ4n) is 2.25. The van der Waals surface area contributed by atoms with Crippen LogP contribution >= 0.6 is 0 Å². The fourth-order valence-corrected chi connectivity index (χ4v) is 2.25. The zero-order chi connectivity index (χ0) is 14.1. The number of carbonyl (C=O) groups excluding carboxylic acids is 1. The second-order valence-electron chi connectivity index (χ2n) is 4.92. The van der Waals surface area contributed by atoms with Crippen LogP contribution in [-0.4, -0.2) is 15.5 Å². The molecule has 0 aliphatic rings. The van der Waals surface area contributed by atoms with Gasteiger partial charge in [-0.25, -0.2) is 4.98 Å². The van der Waals surface area contributed by atoms with Gasteiger partial charge in [0.05, 0.1) is 11.7 Å². The zero-order valence-corrected chi connectivity index (χ0v) is 11.2. The zero-order valence-electron chi connectivity index (χ0n) is 11.2. The van der Waals surface area contributed by atoms with Gasteiger partial charge in [0.1, 0.15) is 5.69 Å². The Morgan fingerprint density at radius 3 is 2.70 bits per heavy atom. The first-order valence-electron chi connectivity index (χ1n) is 6.44. The molecule has 2 N–H and O–H groups in total. The summed E-state index contributed by atoms with van der Waals surface area (Å²) in [5.41, 5.74) is 9.01. The van der Waals surface area contributed by atoms with Crippen LogP contribution in [0.2, 0.25) is 0 Å². The Morgan fingerprint density at radius 1 is 1.25 bits per heavy atom. The quantitative estimate of drug-likeness (QED) is 0.791. The van der Waals surface area contributed by atoms with E-state index in [0.717, 1.165) is 17.4 Å². The molecule has 20 heavy (non-hydrogen) atoms. The molecular formula is C16H15N3O. The normalized spacial score (nSPS) is 10.8. The smallest absolute Gasteiger partial charge is 0.267 e. The number of pyridine rings is 1. The summed E-state index contributed by atoms with van der Waals surface area (Å²) in [7, 11) is 0. The minimum Gasteiger partial charge on any atom is -0.364 e. The molecule has 100 valence electrons. The van der Waals surface area contributed by atoms with Crippen LogP contribution in [-0.2, 0) is 6.54 Å². The number of carbonyl (C=O) groups is 1. The molecule has 0 spiro atoms. The minimum absolute atomic E-state index is 0.297. The Kier molecular flexibility index (Phi) is 2.99. The largest absolute Gasteiger partial charge is 0.364 e. The number of benzene rings is 1. The molecule has 2 heterocycles. The number of primary amides is 1. The molecule has 1 aromatic carbocycles. The molecule has 0 atom stereocenters. The molecule has 3 rings (SSSR count). The lowest BCUT2D eigenvalue weighted by Gasteiger charge is -2.06. The van der Waals surface area contributed by atoms with Crippen LogP contribution in [0.3, 0.4) is 0 Å². The molecule has 2 aromatic heterocycles. The summed E-state index contributed by atoms with van der Waals surface area (Å²) in [6, 6.07) is 12.1. The van der Waals surface area contributed by atoms with Crippen LogP contribution in [0.4, 0.5) is 0 Å². The molecule has 0 saturated carbocycles. The molecule has 4 nitrogen and oxygen atoms in total. The van der Waals surface area contributed by atoms with Gasteiger partial charge >= 0.3 is 0 Å². The van der Waals surface area contributed by atoms with E-state index in [2.05, 4.69) is 40.7 Å². The van der Waals surface area contributed by atoms with Crippen molar-refractivity contribution in [1.29, 1.82) is 0 Å². The predicted octanol–water partition coefficient (Wildman–Crippen LogP) is 2.49. The topological polar surface area (TPSA) is 60.9 Å². The second kappa shape index (κ2) is 4.81. The molecule has 0 aliphatic carbocycles. The van der Waals surface area contributed by atoms with Gasteiger partial charge < -0.3 is 10.3 Å². The summed E-state index contributed by atoms with van der Waals surface area (Å²) in [5, 5.41) is 0.973. The Hall–Kier alpha value is -2.62. The third kappa shape index (κ3) is 2.28. The number of aromatic nitrogens is 2. The van der Waals surface area contributed by atoms with Gasteiger partial charge in [0.2, 0.25) is 0 Å². The average molecular weight is 265 g/mol. The van der Waals surface area contributed by atoms with E-state index in [0.29, 0.717) is 5.69 Å². The van der Waals surface area contributed by atoms with Gasteiger partial charge in [-0.15, -0.1) is 0 Å². The summed E-state index contributed by atoms with van der Waals surface area (Å²) in [5.74, 6) is -0.502. The summed E-state index contributed by atoms with van der Waals surface area (Å²) < 4.78 is 2.11. The van der Waals surface area contributed by atoms with E-state index in [1.165, 1.54) is 11.1 Å². The molecule has 0 bridgehead atoms. The van der Waals surface area contributed by atoms with Crippen molar-refractivity contribution in [2.75, 3.05) is 0 Å². The number of rotatable bonds is 3. The number of nitrogens with two attached hydrogens (primary N) is 1. The highest BCUT2D eigenvalue weighted by Crippen LogP contribution is 2.17. The monoisotopic (exact) mass is 265 g/mol. The number of amides is 1. The molecule has 0 fully saturated rings. The first-order chi connectivity index (χ1) is 9.63. The molecule has 4 heteroatoms. The van der Waals surface area contributed by atoms with Gasteiger partial charge in [-0.3, -0.25) is 4.79 Å². The first-order valence-corrected chi connectivity index (χ1v) is 6.44. The number of hydrogen-bond donors (Lipinski definition) is 1. The van der Waals surface area contributed by atoms with Crippen molar-refractivity contribution in [3.63, 3.8) is 0 Å². The van der Waals surface area contributed by atoms with Crippen molar-refractivity contribution in [3.05, 3.63) is 65.6 Å². The maximum atomic E-state index is 11.1. The molecule has 0 unspecified atom stereocenters. The minimum atomic E-state index is -0.502. The summed E-state index contributed by atoms with van der Waals surface area (Å²) in [4.78, 5) is 15.2. The first kappa shape index (κ1) is 12.4. The molecular weight excluding hydrogens is 250 g/mol. The van der Waals surface area contributed by atoms with Gasteiger partial charge in [-0.05, 0) is 24.6 Å². The third-order valence-corrected chi connectivity index (χ3v) is 3.38. The van der Waals surface area contributed by atoms with Crippen LogP contribution < -0.4 is 5.73 Å². The average Bonchev–Trinajstić information content (AvgIpc) is 2.84. The highest BCUT2D eigenvalue weighted by molar-refractivity contribution is 5.94. The summed E-state index contributed by atoms with van der Waals surface area (Å²) >= 11 is 0. The van der Waals surface area contributed by atoms with Crippen LogP contribution in [0, 0.1) is 6.92 Å². The van der Waals surface area contributed by atoms with Crippen molar-refractivity contribution in [1.82, 2.24) is 9.55 Å². The Labute approximate surface area is 116 Å². The van der Waals surface area contributed by atoms with Gasteiger partial charge in [0, 0.05) is 18.1 Å². The molecule has 0 saturated heterocycles. The van der Waals surface area contributed by atoms with E-state index in [-0.39, 0.29) is 0 Å². The van der Waals surface area contributed by atoms with E-state index < -0.39 is 5.91 Å². The van der Waals surface area contributed by atoms with Crippen molar-refractivity contribution < 1.29 is 4.79 Å². The number of fused-ring (bicyclic) bond motifs is 1. The van der Waals surface area contributed by atoms with Crippen LogP contribution in [0.5, 0.6) is 0 Å². The Bertz CT molecular complexity index is 772. The predicted molar refractivity (Wildman–Crippen MR) is 78.5 cm³/mol. The maximum Gasteiger partial charge on any atom is 0.267 e. The van der Waals surface area contributed by atoms with E-state index >= 15 is 0 Å². The number of aryl methyl sites for hydroxylation is 1. The lowest BCUT2D eigenvalue weighted by Crippen LogP contribution is -2.12. The highest BCUT2D eigenvalue weighted by atomic mass is 16.1. The summed E-state index contributed by atoms with van der Waals surface area (Å²) in [6.07, 6.45) is 3.70. The standard InChI is InChI=1S/C16H15N3O/c1-11-2-4-12(5-3-11)10-19-7-6-13-8-14(16(17)20)18-9-15(13)19/h2-9H,10H2,1H3,(H2,17,20).